The van der Waals surface area contributed by atoms with E-state index in [1.165, 1.54) is 5.56 Å². The molecule has 0 heterocycles. The summed E-state index contributed by atoms with van der Waals surface area (Å²) < 4.78 is 5.09. The fraction of sp³-hybridized carbons (Fsp3) is 0.462. The zero-order chi connectivity index (χ0) is 12.7. The molecule has 1 aromatic carbocycles. The maximum Gasteiger partial charge on any atom is 0.236 e. The summed E-state index contributed by atoms with van der Waals surface area (Å²) in [4.78, 5) is 12.9. The minimum absolute atomic E-state index is 0. The molecular weight excluding hydrogens is 252 g/mol. The molecule has 0 aromatic heterocycles. The molecule has 1 aromatic rings. The topological polar surface area (TPSA) is 55.6 Å². The summed E-state index contributed by atoms with van der Waals surface area (Å²) in [6.07, 6.45) is 1.89. The minimum atomic E-state index is -0.0141. The van der Waals surface area contributed by atoms with Crippen molar-refractivity contribution in [1.82, 2.24) is 4.90 Å². The summed E-state index contributed by atoms with van der Waals surface area (Å²) in [5.74, 6) is 0.851. The van der Waals surface area contributed by atoms with Crippen molar-refractivity contribution in [2.24, 2.45) is 5.73 Å². The second kappa shape index (κ2) is 8.78. The van der Waals surface area contributed by atoms with Gasteiger partial charge in [-0.3, -0.25) is 4.79 Å². The Hall–Kier alpha value is -1.26. The van der Waals surface area contributed by atoms with Gasteiger partial charge in [-0.25, -0.2) is 0 Å². The van der Waals surface area contributed by atoms with Crippen molar-refractivity contribution in [2.75, 3.05) is 27.2 Å². The molecule has 0 aliphatic carbocycles. The molecule has 0 fully saturated rings. The van der Waals surface area contributed by atoms with Gasteiger partial charge in [-0.1, -0.05) is 12.1 Å². The van der Waals surface area contributed by atoms with E-state index in [1.54, 1.807) is 19.1 Å². The molecule has 2 N–H and O–H groups in total. The van der Waals surface area contributed by atoms with Gasteiger partial charge < -0.3 is 15.4 Å². The van der Waals surface area contributed by atoms with E-state index in [0.717, 1.165) is 25.1 Å². The zero-order valence-electron chi connectivity index (χ0n) is 10.9. The molecule has 0 radical (unpaired) electrons. The Balaban J connectivity index is 0.00000289. The van der Waals surface area contributed by atoms with Gasteiger partial charge in [0.05, 0.1) is 13.7 Å². The summed E-state index contributed by atoms with van der Waals surface area (Å²) in [7, 11) is 3.44. The lowest BCUT2D eigenvalue weighted by molar-refractivity contribution is -0.128. The van der Waals surface area contributed by atoms with E-state index in [9.17, 15) is 4.79 Å². The van der Waals surface area contributed by atoms with Crippen molar-refractivity contribution in [3.8, 4) is 5.75 Å². The van der Waals surface area contributed by atoms with E-state index in [1.807, 2.05) is 24.3 Å². The molecular formula is C13H21ClN2O2. The van der Waals surface area contributed by atoms with Gasteiger partial charge in [0, 0.05) is 13.6 Å². The number of likely N-dealkylation sites (N-methyl/N-ethyl adjacent to an activating group) is 1. The molecule has 102 valence electrons. The van der Waals surface area contributed by atoms with E-state index < -0.39 is 0 Å². The molecule has 0 bridgehead atoms. The lowest BCUT2D eigenvalue weighted by Gasteiger charge is -2.15. The number of nitrogens with two attached hydrogens (primary N) is 1. The number of nitrogens with zero attached hydrogens (tertiary/aromatic N) is 1. The molecule has 0 saturated carbocycles. The smallest absolute Gasteiger partial charge is 0.236 e. The van der Waals surface area contributed by atoms with Gasteiger partial charge in [-0.15, -0.1) is 12.4 Å². The van der Waals surface area contributed by atoms with Crippen LogP contribution in [0.15, 0.2) is 24.3 Å². The summed E-state index contributed by atoms with van der Waals surface area (Å²) in [6, 6.07) is 7.99. The summed E-state index contributed by atoms with van der Waals surface area (Å²) in [5.41, 5.74) is 6.53. The highest BCUT2D eigenvalue weighted by molar-refractivity contribution is 5.85. The van der Waals surface area contributed by atoms with Crippen LogP contribution in [0, 0.1) is 0 Å². The number of hydrogen-bond acceptors (Lipinski definition) is 3. The van der Waals surface area contributed by atoms with Gasteiger partial charge in [0.1, 0.15) is 5.75 Å². The van der Waals surface area contributed by atoms with Crippen molar-refractivity contribution < 1.29 is 9.53 Å². The van der Waals surface area contributed by atoms with E-state index in [0.29, 0.717) is 0 Å². The summed E-state index contributed by atoms with van der Waals surface area (Å²) in [5, 5.41) is 0. The fourth-order valence-corrected chi connectivity index (χ4v) is 1.59. The number of halogens is 1. The maximum absolute atomic E-state index is 11.2. The van der Waals surface area contributed by atoms with E-state index in [4.69, 9.17) is 10.5 Å². The highest BCUT2D eigenvalue weighted by atomic mass is 35.5. The number of benzene rings is 1. The van der Waals surface area contributed by atoms with Crippen LogP contribution in [0.4, 0.5) is 0 Å². The molecule has 0 unspecified atom stereocenters. The average Bonchev–Trinajstić information content (AvgIpc) is 2.38. The van der Waals surface area contributed by atoms with Crippen LogP contribution in [-0.4, -0.2) is 38.1 Å². The van der Waals surface area contributed by atoms with Gasteiger partial charge >= 0.3 is 0 Å². The number of amides is 1. The Morgan fingerprint density at radius 1 is 1.33 bits per heavy atom. The summed E-state index contributed by atoms with van der Waals surface area (Å²) >= 11 is 0. The van der Waals surface area contributed by atoms with Gasteiger partial charge in [-0.2, -0.15) is 0 Å². The highest BCUT2D eigenvalue weighted by Gasteiger charge is 2.05. The lowest BCUT2D eigenvalue weighted by Crippen LogP contribution is -2.33. The van der Waals surface area contributed by atoms with Crippen molar-refractivity contribution in [3.05, 3.63) is 29.8 Å². The number of carbonyl (C=O) groups is 1. The molecule has 0 saturated heterocycles. The number of aryl methyl sites for hydroxylation is 1. The molecule has 4 nitrogen and oxygen atoms in total. The number of methoxy groups -OCH3 is 1. The maximum atomic E-state index is 11.2. The average molecular weight is 273 g/mol. The minimum Gasteiger partial charge on any atom is -0.497 e. The quantitative estimate of drug-likeness (QED) is 0.853. The normalized spacial score (nSPS) is 9.50. The van der Waals surface area contributed by atoms with Crippen molar-refractivity contribution in [1.29, 1.82) is 0 Å². The van der Waals surface area contributed by atoms with Crippen LogP contribution in [-0.2, 0) is 11.2 Å². The number of carbonyl (C=O) groups excluding carboxylic acids is 1. The van der Waals surface area contributed by atoms with Crippen LogP contribution in [0.3, 0.4) is 0 Å². The first kappa shape index (κ1) is 16.7. The van der Waals surface area contributed by atoms with Crippen LogP contribution >= 0.6 is 12.4 Å². The number of rotatable bonds is 6. The van der Waals surface area contributed by atoms with E-state index >= 15 is 0 Å². The Labute approximate surface area is 115 Å². The molecule has 1 amide bonds. The monoisotopic (exact) mass is 272 g/mol. The van der Waals surface area contributed by atoms with E-state index in [-0.39, 0.29) is 24.9 Å². The van der Waals surface area contributed by atoms with Crippen LogP contribution in [0.2, 0.25) is 0 Å². The van der Waals surface area contributed by atoms with Crippen LogP contribution in [0.25, 0.3) is 0 Å². The molecule has 1 rings (SSSR count). The number of ether oxygens (including phenoxy) is 1. The molecule has 0 aliphatic heterocycles. The Bertz CT molecular complexity index is 355. The Kier molecular flexibility index (Phi) is 8.16. The Morgan fingerprint density at radius 3 is 2.44 bits per heavy atom. The van der Waals surface area contributed by atoms with Gasteiger partial charge in [0.25, 0.3) is 0 Å². The van der Waals surface area contributed by atoms with Crippen molar-refractivity contribution in [2.45, 2.75) is 12.8 Å². The predicted octanol–water partition coefficient (Wildman–Crippen LogP) is 1.47. The summed E-state index contributed by atoms with van der Waals surface area (Å²) in [6.45, 7) is 0.821. The van der Waals surface area contributed by atoms with Crippen LogP contribution in [0.1, 0.15) is 12.0 Å². The van der Waals surface area contributed by atoms with E-state index in [2.05, 4.69) is 0 Å². The first-order valence-corrected chi connectivity index (χ1v) is 5.74. The first-order chi connectivity index (χ1) is 8.17. The van der Waals surface area contributed by atoms with Crippen molar-refractivity contribution in [3.63, 3.8) is 0 Å². The highest BCUT2D eigenvalue weighted by Crippen LogP contribution is 2.12. The Morgan fingerprint density at radius 2 is 1.94 bits per heavy atom. The molecule has 0 atom stereocenters. The second-order valence-electron chi connectivity index (χ2n) is 3.97. The van der Waals surface area contributed by atoms with Gasteiger partial charge in [-0.05, 0) is 30.5 Å². The first-order valence-electron chi connectivity index (χ1n) is 5.74. The van der Waals surface area contributed by atoms with Crippen LogP contribution in [0.5, 0.6) is 5.75 Å². The third-order valence-electron chi connectivity index (χ3n) is 2.72. The molecule has 0 aliphatic rings. The van der Waals surface area contributed by atoms with Gasteiger partial charge in [0.15, 0.2) is 0 Å². The fourth-order valence-electron chi connectivity index (χ4n) is 1.59. The lowest BCUT2D eigenvalue weighted by atomic mass is 10.1. The SMILES string of the molecule is COc1ccc(CCCN(C)C(=O)CN)cc1.Cl. The number of hydrogen-bond donors (Lipinski definition) is 1. The molecule has 18 heavy (non-hydrogen) atoms. The van der Waals surface area contributed by atoms with Gasteiger partial charge in [0.2, 0.25) is 5.91 Å². The predicted molar refractivity (Wildman–Crippen MR) is 75.3 cm³/mol. The largest absolute Gasteiger partial charge is 0.497 e. The second-order valence-corrected chi connectivity index (χ2v) is 3.97. The third kappa shape index (κ3) is 5.38. The molecule has 5 heteroatoms. The van der Waals surface area contributed by atoms with Crippen LogP contribution < -0.4 is 10.5 Å². The zero-order valence-corrected chi connectivity index (χ0v) is 11.7. The third-order valence-corrected chi connectivity index (χ3v) is 2.72. The standard InChI is InChI=1S/C13H20N2O2.ClH/c1-15(13(16)10-14)9-3-4-11-5-7-12(17-2)8-6-11;/h5-8H,3-4,9-10,14H2,1-2H3;1H. The van der Waals surface area contributed by atoms with Crippen molar-refractivity contribution >= 4 is 18.3 Å². The molecule has 0 spiro atoms.